The number of halogens is 3. The van der Waals surface area contributed by atoms with E-state index in [2.05, 4.69) is 20.4 Å². The number of alkyl halides is 2. The van der Waals surface area contributed by atoms with Crippen molar-refractivity contribution in [3.8, 4) is 17.2 Å². The lowest BCUT2D eigenvalue weighted by Crippen LogP contribution is -2.38. The van der Waals surface area contributed by atoms with Crippen LogP contribution in [0.4, 0.5) is 8.78 Å². The van der Waals surface area contributed by atoms with E-state index >= 15 is 0 Å². The lowest BCUT2D eigenvalue weighted by atomic mass is 10.1. The Kier molecular flexibility index (Phi) is 9.98. The van der Waals surface area contributed by atoms with Gasteiger partial charge in [-0.1, -0.05) is 0 Å². The monoisotopic (exact) mass is 527 g/mol. The van der Waals surface area contributed by atoms with Gasteiger partial charge in [0.05, 0.1) is 6.54 Å². The summed E-state index contributed by atoms with van der Waals surface area (Å²) in [5, 5.41) is 6.36. The molecular formula is C19H28F2IN3O4. The van der Waals surface area contributed by atoms with Gasteiger partial charge in [0.15, 0.2) is 17.5 Å². The molecular weight excluding hydrogens is 499 g/mol. The Labute approximate surface area is 186 Å². The maximum atomic E-state index is 12.7. The first-order chi connectivity index (χ1) is 13.7. The predicted octanol–water partition coefficient (Wildman–Crippen LogP) is 3.51. The highest BCUT2D eigenvalue weighted by atomic mass is 127. The first kappa shape index (κ1) is 23.7. The predicted molar refractivity (Wildman–Crippen MR) is 116 cm³/mol. The van der Waals surface area contributed by atoms with Gasteiger partial charge >= 0.3 is 6.61 Å². The van der Waals surface area contributed by atoms with Gasteiger partial charge in [0.25, 0.3) is 0 Å². The van der Waals surface area contributed by atoms with E-state index in [0.29, 0.717) is 42.7 Å². The van der Waals surface area contributed by atoms with Crippen molar-refractivity contribution in [3.05, 3.63) is 17.7 Å². The Morgan fingerprint density at radius 1 is 1.24 bits per heavy atom. The third-order valence-electron chi connectivity index (χ3n) is 4.33. The van der Waals surface area contributed by atoms with Crippen molar-refractivity contribution in [2.75, 3.05) is 33.1 Å². The second-order valence-electron chi connectivity index (χ2n) is 6.69. The van der Waals surface area contributed by atoms with Gasteiger partial charge < -0.3 is 29.6 Å². The van der Waals surface area contributed by atoms with Crippen LogP contribution in [-0.4, -0.2) is 45.7 Å². The third kappa shape index (κ3) is 8.00. The summed E-state index contributed by atoms with van der Waals surface area (Å²) in [4.78, 5) is 4.47. The number of nitrogens with one attached hydrogen (secondary N) is 2. The molecule has 10 heteroatoms. The molecule has 2 N–H and O–H groups in total. The minimum atomic E-state index is -2.93. The Hall–Kier alpha value is -1.56. The van der Waals surface area contributed by atoms with Crippen LogP contribution >= 0.6 is 24.0 Å². The van der Waals surface area contributed by atoms with Gasteiger partial charge in [0.2, 0.25) is 6.79 Å². The maximum absolute atomic E-state index is 12.7. The number of aliphatic imine (C=N–C) groups is 1. The number of guanidine groups is 1. The van der Waals surface area contributed by atoms with E-state index in [1.165, 1.54) is 18.9 Å². The van der Waals surface area contributed by atoms with Crippen molar-refractivity contribution < 1.29 is 27.7 Å². The molecule has 3 rings (SSSR count). The van der Waals surface area contributed by atoms with E-state index < -0.39 is 6.61 Å². The molecule has 0 saturated heterocycles. The van der Waals surface area contributed by atoms with Crippen LogP contribution in [0.3, 0.4) is 0 Å². The van der Waals surface area contributed by atoms with Crippen molar-refractivity contribution in [2.45, 2.75) is 39.3 Å². The second kappa shape index (κ2) is 12.2. The molecule has 1 heterocycles. The highest BCUT2D eigenvalue weighted by molar-refractivity contribution is 14.0. The number of nitrogens with zero attached hydrogens (tertiary/aromatic N) is 1. The molecule has 1 saturated carbocycles. The zero-order chi connectivity index (χ0) is 19.8. The van der Waals surface area contributed by atoms with Gasteiger partial charge in [-0.3, -0.25) is 0 Å². The topological polar surface area (TPSA) is 73.3 Å². The van der Waals surface area contributed by atoms with Crippen molar-refractivity contribution in [2.24, 2.45) is 10.9 Å². The van der Waals surface area contributed by atoms with Crippen LogP contribution in [0.5, 0.6) is 17.2 Å². The van der Waals surface area contributed by atoms with E-state index in [1.54, 1.807) is 6.07 Å². The maximum Gasteiger partial charge on any atom is 0.387 e. The molecule has 0 spiro atoms. The van der Waals surface area contributed by atoms with Gasteiger partial charge in [0.1, 0.15) is 5.75 Å². The summed E-state index contributed by atoms with van der Waals surface area (Å²) in [6.45, 7) is 2.20. The van der Waals surface area contributed by atoms with Gasteiger partial charge in [-0.2, -0.15) is 8.78 Å². The fourth-order valence-electron chi connectivity index (χ4n) is 2.72. The molecule has 2 aliphatic rings. The molecule has 0 bridgehead atoms. The van der Waals surface area contributed by atoms with Gasteiger partial charge in [-0.25, -0.2) is 4.99 Å². The summed E-state index contributed by atoms with van der Waals surface area (Å²) in [6, 6.07) is 3.04. The number of fused-ring (bicyclic) bond motifs is 1. The lowest BCUT2D eigenvalue weighted by Gasteiger charge is -2.13. The molecule has 7 nitrogen and oxygen atoms in total. The zero-order valence-electron chi connectivity index (χ0n) is 16.4. The molecule has 1 aromatic rings. The summed E-state index contributed by atoms with van der Waals surface area (Å²) < 4.78 is 46.2. The minimum absolute atomic E-state index is 0. The van der Waals surface area contributed by atoms with Crippen LogP contribution in [0.2, 0.25) is 0 Å². The summed E-state index contributed by atoms with van der Waals surface area (Å²) >= 11 is 0. The minimum Gasteiger partial charge on any atom is -0.454 e. The van der Waals surface area contributed by atoms with Crippen LogP contribution in [0.1, 0.15) is 31.7 Å². The number of ether oxygens (including phenoxy) is 4. The van der Waals surface area contributed by atoms with Gasteiger partial charge in [-0.15, -0.1) is 24.0 Å². The molecule has 1 fully saturated rings. The van der Waals surface area contributed by atoms with Gasteiger partial charge in [-0.05, 0) is 38.2 Å². The van der Waals surface area contributed by atoms with Crippen LogP contribution in [-0.2, 0) is 11.3 Å². The second-order valence-corrected chi connectivity index (χ2v) is 6.69. The van der Waals surface area contributed by atoms with Crippen LogP contribution in [0.15, 0.2) is 17.1 Å². The molecule has 1 aromatic carbocycles. The fraction of sp³-hybridized carbons (Fsp3) is 0.632. The SMILES string of the molecule is CCNC(=NCc1cc2c(cc1OC(F)F)OCO2)NCCCOCC1CC1.I. The standard InChI is InChI=1S/C19H27F2N3O4.HI/c1-2-22-19(23-6-3-7-25-11-13-4-5-13)24-10-14-8-16-17(27-12-26-16)9-15(14)28-18(20)21;/h8-9,13,18H,2-7,10-12H2,1H3,(H2,22,23,24);1H. The van der Waals surface area contributed by atoms with E-state index in [-0.39, 0.29) is 43.1 Å². The van der Waals surface area contributed by atoms with Crippen LogP contribution in [0, 0.1) is 5.92 Å². The summed E-state index contributed by atoms with van der Waals surface area (Å²) in [5.41, 5.74) is 0.495. The molecule has 0 unspecified atom stereocenters. The molecule has 0 atom stereocenters. The summed E-state index contributed by atoms with van der Waals surface area (Å²) in [7, 11) is 0. The average Bonchev–Trinajstić information content (AvgIpc) is 3.38. The molecule has 0 aromatic heterocycles. The smallest absolute Gasteiger partial charge is 0.387 e. The Morgan fingerprint density at radius 3 is 2.69 bits per heavy atom. The normalized spacial score (nSPS) is 15.2. The molecule has 0 radical (unpaired) electrons. The zero-order valence-corrected chi connectivity index (χ0v) is 18.7. The first-order valence-electron chi connectivity index (χ1n) is 9.63. The quantitative estimate of drug-likeness (QED) is 0.199. The largest absolute Gasteiger partial charge is 0.454 e. The van der Waals surface area contributed by atoms with Crippen molar-refractivity contribution in [3.63, 3.8) is 0 Å². The Balaban J connectivity index is 0.00000300. The average molecular weight is 527 g/mol. The molecule has 1 aliphatic carbocycles. The van der Waals surface area contributed by atoms with Crippen molar-refractivity contribution >= 4 is 29.9 Å². The molecule has 0 amide bonds. The summed E-state index contributed by atoms with van der Waals surface area (Å²) in [5.74, 6) is 2.29. The number of benzene rings is 1. The van der Waals surface area contributed by atoms with Crippen molar-refractivity contribution in [1.82, 2.24) is 10.6 Å². The Bertz CT molecular complexity index is 675. The van der Waals surface area contributed by atoms with Crippen molar-refractivity contribution in [1.29, 1.82) is 0 Å². The van der Waals surface area contributed by atoms with E-state index in [0.717, 1.165) is 18.9 Å². The van der Waals surface area contributed by atoms with Gasteiger partial charge in [0, 0.05) is 37.9 Å². The molecule has 29 heavy (non-hydrogen) atoms. The number of hydrogen-bond donors (Lipinski definition) is 2. The fourth-order valence-corrected chi connectivity index (χ4v) is 2.72. The molecule has 164 valence electrons. The first-order valence-corrected chi connectivity index (χ1v) is 9.63. The number of hydrogen-bond acceptors (Lipinski definition) is 5. The highest BCUT2D eigenvalue weighted by Crippen LogP contribution is 2.39. The van der Waals surface area contributed by atoms with E-state index in [4.69, 9.17) is 14.2 Å². The summed E-state index contributed by atoms with van der Waals surface area (Å²) in [6.07, 6.45) is 3.43. The Morgan fingerprint density at radius 2 is 2.00 bits per heavy atom. The molecule has 1 aliphatic heterocycles. The lowest BCUT2D eigenvalue weighted by molar-refractivity contribution is -0.0505. The highest BCUT2D eigenvalue weighted by Gasteiger charge is 2.21. The van der Waals surface area contributed by atoms with E-state index in [9.17, 15) is 8.78 Å². The van der Waals surface area contributed by atoms with E-state index in [1.807, 2.05) is 6.92 Å². The van der Waals surface area contributed by atoms with Crippen LogP contribution in [0.25, 0.3) is 0 Å². The number of rotatable bonds is 11. The van der Waals surface area contributed by atoms with Crippen LogP contribution < -0.4 is 24.8 Å². The third-order valence-corrected chi connectivity index (χ3v) is 4.33.